The Morgan fingerprint density at radius 2 is 1.50 bits per heavy atom. The van der Waals surface area contributed by atoms with Crippen LogP contribution in [0.15, 0.2) is 94.4 Å². The third-order valence-electron chi connectivity index (χ3n) is 8.99. The van der Waals surface area contributed by atoms with Gasteiger partial charge in [0.25, 0.3) is 0 Å². The molecule has 1 heterocycles. The Hall–Kier alpha value is -5.83. The maximum absolute atomic E-state index is 14.7. The Morgan fingerprint density at radius 1 is 0.792 bits per heavy atom. The van der Waals surface area contributed by atoms with E-state index in [1.54, 1.807) is 18.2 Å². The van der Waals surface area contributed by atoms with Gasteiger partial charge in [0.15, 0.2) is 5.78 Å². The second-order valence-corrected chi connectivity index (χ2v) is 12.7. The van der Waals surface area contributed by atoms with Crippen LogP contribution in [-0.2, 0) is 6.42 Å². The lowest BCUT2D eigenvalue weighted by molar-refractivity contribution is 0.0877. The van der Waals surface area contributed by atoms with Crippen molar-refractivity contribution in [1.82, 2.24) is 0 Å². The lowest BCUT2D eigenvalue weighted by atomic mass is 9.65. The summed E-state index contributed by atoms with van der Waals surface area (Å²) in [5.74, 6) is -3.73. The molecule has 6 rings (SSSR count). The van der Waals surface area contributed by atoms with Gasteiger partial charge in [0, 0.05) is 58.0 Å². The Morgan fingerprint density at radius 3 is 2.19 bits per heavy atom. The zero-order valence-corrected chi connectivity index (χ0v) is 26.6. The fourth-order valence-corrected chi connectivity index (χ4v) is 6.73. The van der Waals surface area contributed by atoms with Gasteiger partial charge in [-0.3, -0.25) is 4.79 Å². The minimum atomic E-state index is -0.950. The van der Waals surface area contributed by atoms with Gasteiger partial charge in [0.1, 0.15) is 51.6 Å². The number of Topliss-reactive ketones (excluding diaryl/α,β-unsaturated/α-hetero) is 1. The summed E-state index contributed by atoms with van der Waals surface area (Å²) < 4.78 is 5.97. The highest BCUT2D eigenvalue weighted by atomic mass is 16.3. The second kappa shape index (κ2) is 12.4. The molecule has 0 aliphatic heterocycles. The molecule has 0 fully saturated rings. The molecule has 9 nitrogen and oxygen atoms in total. The van der Waals surface area contributed by atoms with Crippen molar-refractivity contribution in [3.05, 3.63) is 112 Å². The fourth-order valence-electron chi connectivity index (χ4n) is 6.73. The lowest BCUT2D eigenvalue weighted by Gasteiger charge is -2.37. The van der Waals surface area contributed by atoms with Crippen LogP contribution < -0.4 is 0 Å². The highest BCUT2D eigenvalue weighted by molar-refractivity contribution is 6.02. The largest absolute Gasteiger partial charge is 0.508 e. The van der Waals surface area contributed by atoms with Gasteiger partial charge in [-0.05, 0) is 81.6 Å². The van der Waals surface area contributed by atoms with Gasteiger partial charge in [-0.2, -0.15) is 0 Å². The van der Waals surface area contributed by atoms with Gasteiger partial charge >= 0.3 is 0 Å². The highest BCUT2D eigenvalue weighted by Crippen LogP contribution is 2.52. The molecule has 1 aliphatic rings. The zero-order valence-electron chi connectivity index (χ0n) is 26.6. The molecule has 0 bridgehead atoms. The quantitative estimate of drug-likeness (QED) is 0.0677. The van der Waals surface area contributed by atoms with E-state index in [2.05, 4.69) is 0 Å². The standard InChI is InChI=1S/C39H36O9/c1-19(2)4-6-27-32(43)9-8-28(38(27)46)39(47)37-30(26-7-5-23(40)17-33(26)44)10-20(3)11-31(37)29-14-22-15-35(48-36(22)18-34(29)45)21-12-24(41)16-25(42)13-21/h4-5,7-9,11-18,30-31,37,40-46H,6,10H2,1-3H3/t30-,31-,37+/m1/s1. The molecule has 1 aliphatic carbocycles. The minimum Gasteiger partial charge on any atom is -0.508 e. The SMILES string of the molecule is CC(C)=CCc1c(O)ccc(C(=O)[C@@H]2[C@@H](c3cc4cc(-c5cc(O)cc(O)c5)oc4cc3O)C=C(C)C[C@@H]2c2ccc(O)cc2O)c1O. The van der Waals surface area contributed by atoms with Gasteiger partial charge in [0.05, 0.1) is 5.56 Å². The van der Waals surface area contributed by atoms with Crippen molar-refractivity contribution < 1.29 is 45.0 Å². The van der Waals surface area contributed by atoms with Crippen LogP contribution in [0.4, 0.5) is 0 Å². The maximum Gasteiger partial charge on any atom is 0.171 e. The number of phenols is 7. The number of furan rings is 1. The van der Waals surface area contributed by atoms with Gasteiger partial charge in [-0.15, -0.1) is 0 Å². The average molecular weight is 649 g/mol. The summed E-state index contributed by atoms with van der Waals surface area (Å²) in [6.45, 7) is 5.67. The molecule has 1 aromatic heterocycles. The Labute approximate surface area is 276 Å². The van der Waals surface area contributed by atoms with E-state index in [0.717, 1.165) is 11.1 Å². The summed E-state index contributed by atoms with van der Waals surface area (Å²) in [7, 11) is 0. The topological polar surface area (TPSA) is 172 Å². The normalized spacial score (nSPS) is 17.6. The molecule has 0 unspecified atom stereocenters. The number of carbonyl (C=O) groups is 1. The Bertz CT molecular complexity index is 2110. The zero-order chi connectivity index (χ0) is 34.4. The van der Waals surface area contributed by atoms with Crippen LogP contribution in [0.2, 0.25) is 0 Å². The maximum atomic E-state index is 14.7. The molecule has 246 valence electrons. The van der Waals surface area contributed by atoms with E-state index >= 15 is 0 Å². The number of allylic oxidation sites excluding steroid dienone is 4. The monoisotopic (exact) mass is 648 g/mol. The van der Waals surface area contributed by atoms with Crippen LogP contribution in [0.1, 0.15) is 66.1 Å². The number of rotatable bonds is 7. The van der Waals surface area contributed by atoms with E-state index in [1.807, 2.05) is 32.9 Å². The van der Waals surface area contributed by atoms with Crippen molar-refractivity contribution in [1.29, 1.82) is 0 Å². The summed E-state index contributed by atoms with van der Waals surface area (Å²) in [4.78, 5) is 14.7. The molecule has 5 aromatic rings. The van der Waals surface area contributed by atoms with E-state index in [9.17, 15) is 40.5 Å². The van der Waals surface area contributed by atoms with Crippen LogP contribution >= 0.6 is 0 Å². The first-order valence-corrected chi connectivity index (χ1v) is 15.5. The Balaban J connectivity index is 1.52. The smallest absolute Gasteiger partial charge is 0.171 e. The fraction of sp³-hybridized carbons (Fsp3) is 0.205. The van der Waals surface area contributed by atoms with Gasteiger partial charge < -0.3 is 40.2 Å². The molecule has 0 saturated carbocycles. The molecule has 48 heavy (non-hydrogen) atoms. The summed E-state index contributed by atoms with van der Waals surface area (Å²) in [5.41, 5.74) is 3.63. The van der Waals surface area contributed by atoms with Crippen LogP contribution in [0.3, 0.4) is 0 Å². The number of benzene rings is 4. The lowest BCUT2D eigenvalue weighted by Crippen LogP contribution is -2.31. The van der Waals surface area contributed by atoms with E-state index in [4.69, 9.17) is 4.42 Å². The van der Waals surface area contributed by atoms with Gasteiger partial charge in [-0.25, -0.2) is 0 Å². The third kappa shape index (κ3) is 6.02. The van der Waals surface area contributed by atoms with Crippen LogP contribution in [0.25, 0.3) is 22.3 Å². The number of hydrogen-bond acceptors (Lipinski definition) is 9. The van der Waals surface area contributed by atoms with Crippen LogP contribution in [0, 0.1) is 5.92 Å². The summed E-state index contributed by atoms with van der Waals surface area (Å²) in [6.07, 6.45) is 4.30. The molecule has 4 aromatic carbocycles. The first kappa shape index (κ1) is 32.1. The molecule has 9 heteroatoms. The minimum absolute atomic E-state index is 0.00830. The summed E-state index contributed by atoms with van der Waals surface area (Å²) >= 11 is 0. The third-order valence-corrected chi connectivity index (χ3v) is 8.99. The number of carbonyl (C=O) groups excluding carboxylic acids is 1. The predicted octanol–water partition coefficient (Wildman–Crippen LogP) is 8.26. The van der Waals surface area contributed by atoms with Crippen molar-refractivity contribution in [2.75, 3.05) is 0 Å². The molecule has 3 atom stereocenters. The molecular weight excluding hydrogens is 612 g/mol. The first-order valence-electron chi connectivity index (χ1n) is 15.5. The van der Waals surface area contributed by atoms with Crippen molar-refractivity contribution in [2.45, 2.75) is 45.4 Å². The summed E-state index contributed by atoms with van der Waals surface area (Å²) in [5, 5.41) is 75.0. The molecule has 0 amide bonds. The van der Waals surface area contributed by atoms with Gasteiger partial charge in [-0.1, -0.05) is 29.4 Å². The molecular formula is C39H36O9. The van der Waals surface area contributed by atoms with Crippen molar-refractivity contribution in [2.24, 2.45) is 5.92 Å². The average Bonchev–Trinajstić information content (AvgIpc) is 3.42. The summed E-state index contributed by atoms with van der Waals surface area (Å²) in [6, 6.07) is 15.9. The van der Waals surface area contributed by atoms with E-state index < -0.39 is 23.5 Å². The second-order valence-electron chi connectivity index (χ2n) is 12.7. The molecule has 0 saturated heterocycles. The van der Waals surface area contributed by atoms with Crippen molar-refractivity contribution in [3.8, 4) is 51.6 Å². The number of ketones is 1. The van der Waals surface area contributed by atoms with Crippen molar-refractivity contribution >= 4 is 16.8 Å². The van der Waals surface area contributed by atoms with Gasteiger partial charge in [0.2, 0.25) is 0 Å². The molecule has 7 N–H and O–H groups in total. The molecule has 0 radical (unpaired) electrons. The van der Waals surface area contributed by atoms with Crippen molar-refractivity contribution in [3.63, 3.8) is 0 Å². The van der Waals surface area contributed by atoms with E-state index in [1.165, 1.54) is 48.5 Å². The number of hydrogen-bond donors (Lipinski definition) is 7. The van der Waals surface area contributed by atoms with Crippen LogP contribution in [-0.4, -0.2) is 41.5 Å². The van der Waals surface area contributed by atoms with E-state index in [0.29, 0.717) is 39.8 Å². The predicted molar refractivity (Wildman–Crippen MR) is 181 cm³/mol. The van der Waals surface area contributed by atoms with Crippen LogP contribution in [0.5, 0.6) is 40.2 Å². The van der Waals surface area contributed by atoms with E-state index in [-0.39, 0.29) is 57.8 Å². The number of fused-ring (bicyclic) bond motifs is 1. The number of phenolic OH excluding ortho intramolecular Hbond substituents is 7. The first-order chi connectivity index (χ1) is 22.8. The highest BCUT2D eigenvalue weighted by Gasteiger charge is 2.42. The molecule has 0 spiro atoms. The Kier molecular flexibility index (Phi) is 8.30. The number of aromatic hydroxyl groups is 7.